The van der Waals surface area contributed by atoms with Crippen LogP contribution in [0.4, 0.5) is 11.6 Å². The molecule has 8 heteroatoms. The maximum atomic E-state index is 13.1. The minimum absolute atomic E-state index is 0.0818. The molecule has 0 aliphatic carbocycles. The van der Waals surface area contributed by atoms with Gasteiger partial charge in [-0.1, -0.05) is 48.5 Å². The number of imidazole rings is 1. The monoisotopic (exact) mass is 491 g/mol. The van der Waals surface area contributed by atoms with Crippen molar-refractivity contribution in [3.05, 3.63) is 102 Å². The van der Waals surface area contributed by atoms with Crippen LogP contribution in [0.2, 0.25) is 0 Å². The first-order valence-corrected chi connectivity index (χ1v) is 11.8. The first kappa shape index (κ1) is 23.7. The Labute approximate surface area is 213 Å². The summed E-state index contributed by atoms with van der Waals surface area (Å²) in [4.78, 5) is 43.8. The highest BCUT2D eigenvalue weighted by molar-refractivity contribution is 6.07. The second-order valence-corrected chi connectivity index (χ2v) is 8.72. The van der Waals surface area contributed by atoms with E-state index >= 15 is 0 Å². The summed E-state index contributed by atoms with van der Waals surface area (Å²) in [7, 11) is 1.70. The van der Waals surface area contributed by atoms with E-state index in [1.165, 1.54) is 0 Å². The molecule has 1 aromatic heterocycles. The number of aromatic nitrogens is 2. The Hall–Kier alpha value is -4.98. The number of hydrogen-bond donors (Lipinski definition) is 2. The Morgan fingerprint density at radius 1 is 0.865 bits per heavy atom. The average Bonchev–Trinajstić information content (AvgIpc) is 3.27. The zero-order valence-corrected chi connectivity index (χ0v) is 20.2. The van der Waals surface area contributed by atoms with Crippen LogP contribution in [0, 0.1) is 0 Å². The molecule has 184 valence electrons. The smallest absolute Gasteiger partial charge is 0.258 e. The van der Waals surface area contributed by atoms with Crippen LogP contribution in [0.15, 0.2) is 91.0 Å². The summed E-state index contributed by atoms with van der Waals surface area (Å²) in [6.45, 7) is 0.247. The normalized spacial score (nSPS) is 10.9. The van der Waals surface area contributed by atoms with Crippen molar-refractivity contribution >= 4 is 51.2 Å². The van der Waals surface area contributed by atoms with Crippen molar-refractivity contribution in [2.24, 2.45) is 5.73 Å². The second kappa shape index (κ2) is 9.94. The molecule has 0 fully saturated rings. The Morgan fingerprint density at radius 2 is 1.59 bits per heavy atom. The van der Waals surface area contributed by atoms with Crippen molar-refractivity contribution < 1.29 is 14.4 Å². The summed E-state index contributed by atoms with van der Waals surface area (Å²) >= 11 is 0. The molecule has 5 rings (SSSR count). The van der Waals surface area contributed by atoms with Crippen molar-refractivity contribution in [1.29, 1.82) is 0 Å². The van der Waals surface area contributed by atoms with Gasteiger partial charge in [-0.15, -0.1) is 0 Å². The number of primary amides is 1. The summed E-state index contributed by atoms with van der Waals surface area (Å²) in [6.07, 6.45) is 0.0818. The van der Waals surface area contributed by atoms with E-state index < -0.39 is 5.91 Å². The van der Waals surface area contributed by atoms with E-state index in [4.69, 9.17) is 5.73 Å². The topological polar surface area (TPSA) is 110 Å². The van der Waals surface area contributed by atoms with Crippen molar-refractivity contribution in [1.82, 2.24) is 9.55 Å². The van der Waals surface area contributed by atoms with E-state index in [9.17, 15) is 14.4 Å². The number of anilines is 2. The van der Waals surface area contributed by atoms with Gasteiger partial charge in [0.1, 0.15) is 0 Å². The minimum Gasteiger partial charge on any atom is -0.370 e. The molecular formula is C29H25N5O3. The number of nitrogens with zero attached hydrogens (tertiary/aromatic N) is 3. The number of rotatable bonds is 7. The Morgan fingerprint density at radius 3 is 2.35 bits per heavy atom. The van der Waals surface area contributed by atoms with E-state index in [2.05, 4.69) is 10.3 Å². The van der Waals surface area contributed by atoms with Gasteiger partial charge >= 0.3 is 0 Å². The van der Waals surface area contributed by atoms with Gasteiger partial charge in [-0.05, 0) is 53.2 Å². The Kier molecular flexibility index (Phi) is 6.38. The van der Waals surface area contributed by atoms with E-state index in [-0.39, 0.29) is 24.8 Å². The van der Waals surface area contributed by atoms with E-state index in [0.717, 1.165) is 10.8 Å². The third-order valence-electron chi connectivity index (χ3n) is 6.26. The first-order chi connectivity index (χ1) is 17.9. The van der Waals surface area contributed by atoms with Crippen molar-refractivity contribution in [3.8, 4) is 0 Å². The molecule has 1 heterocycles. The molecule has 0 atom stereocenters. The predicted molar refractivity (Wildman–Crippen MR) is 145 cm³/mol. The van der Waals surface area contributed by atoms with Crippen LogP contribution in [-0.2, 0) is 11.3 Å². The summed E-state index contributed by atoms with van der Waals surface area (Å²) in [5.41, 5.74) is 8.38. The summed E-state index contributed by atoms with van der Waals surface area (Å²) in [5.74, 6) is -0.641. The molecule has 0 saturated carbocycles. The molecular weight excluding hydrogens is 466 g/mol. The number of carbonyl (C=O) groups excluding carboxylic acids is 3. The largest absolute Gasteiger partial charge is 0.370 e. The van der Waals surface area contributed by atoms with Crippen molar-refractivity contribution in [2.75, 3.05) is 17.3 Å². The lowest BCUT2D eigenvalue weighted by Gasteiger charge is -2.17. The van der Waals surface area contributed by atoms with Gasteiger partial charge in [0.25, 0.3) is 11.8 Å². The molecule has 0 radical (unpaired) electrons. The predicted octanol–water partition coefficient (Wildman–Crippen LogP) is 4.59. The fourth-order valence-corrected chi connectivity index (χ4v) is 4.27. The summed E-state index contributed by atoms with van der Waals surface area (Å²) in [5, 5.41) is 4.87. The third kappa shape index (κ3) is 4.90. The van der Waals surface area contributed by atoms with Crippen LogP contribution >= 0.6 is 0 Å². The lowest BCUT2D eigenvalue weighted by atomic mass is 10.1. The minimum atomic E-state index is -0.460. The number of nitrogens with one attached hydrogen (secondary N) is 1. The van der Waals surface area contributed by atoms with Gasteiger partial charge in [-0.2, -0.15) is 0 Å². The first-order valence-electron chi connectivity index (χ1n) is 11.8. The van der Waals surface area contributed by atoms with Gasteiger partial charge in [-0.25, -0.2) is 4.98 Å². The molecule has 4 aromatic carbocycles. The number of fused-ring (bicyclic) bond motifs is 2. The maximum Gasteiger partial charge on any atom is 0.258 e. The summed E-state index contributed by atoms with van der Waals surface area (Å²) in [6, 6.07) is 27.7. The number of carbonyl (C=O) groups is 3. The fourth-order valence-electron chi connectivity index (χ4n) is 4.27. The highest BCUT2D eigenvalue weighted by Crippen LogP contribution is 2.26. The third-order valence-corrected chi connectivity index (χ3v) is 6.26. The van der Waals surface area contributed by atoms with Crippen LogP contribution in [0.5, 0.6) is 0 Å². The van der Waals surface area contributed by atoms with E-state index in [1.54, 1.807) is 46.8 Å². The van der Waals surface area contributed by atoms with E-state index in [1.807, 2.05) is 60.7 Å². The quantitative estimate of drug-likeness (QED) is 0.347. The SMILES string of the molecule is CN(C(=O)c1ccccc1)c1ccc2c(c1)nc(NC(=O)c1ccc3ccccc3c1)n2CCC(N)=O. The lowest BCUT2D eigenvalue weighted by molar-refractivity contribution is -0.118. The van der Waals surface area contributed by atoms with Crippen LogP contribution in [0.3, 0.4) is 0 Å². The highest BCUT2D eigenvalue weighted by Gasteiger charge is 2.18. The molecule has 3 amide bonds. The molecule has 0 unspecified atom stereocenters. The van der Waals surface area contributed by atoms with Gasteiger partial charge in [0.05, 0.1) is 11.0 Å². The zero-order valence-electron chi connectivity index (χ0n) is 20.2. The van der Waals surface area contributed by atoms with Gasteiger partial charge in [0, 0.05) is 36.8 Å². The Bertz CT molecular complexity index is 1640. The van der Waals surface area contributed by atoms with Crippen LogP contribution in [0.25, 0.3) is 21.8 Å². The van der Waals surface area contributed by atoms with Gasteiger partial charge in [0.2, 0.25) is 11.9 Å². The van der Waals surface area contributed by atoms with Gasteiger partial charge in [-0.3, -0.25) is 19.7 Å². The van der Waals surface area contributed by atoms with Gasteiger partial charge in [0.15, 0.2) is 0 Å². The average molecular weight is 492 g/mol. The number of hydrogen-bond acceptors (Lipinski definition) is 4. The number of benzene rings is 4. The highest BCUT2D eigenvalue weighted by atomic mass is 16.2. The number of aryl methyl sites for hydroxylation is 1. The molecule has 37 heavy (non-hydrogen) atoms. The molecule has 8 nitrogen and oxygen atoms in total. The van der Waals surface area contributed by atoms with Gasteiger partial charge < -0.3 is 15.2 Å². The number of amides is 3. The van der Waals surface area contributed by atoms with Crippen molar-refractivity contribution in [3.63, 3.8) is 0 Å². The molecule has 0 bridgehead atoms. The lowest BCUT2D eigenvalue weighted by Crippen LogP contribution is -2.26. The molecule has 3 N–H and O–H groups in total. The summed E-state index contributed by atoms with van der Waals surface area (Å²) < 4.78 is 1.75. The van der Waals surface area contributed by atoms with Crippen molar-refractivity contribution in [2.45, 2.75) is 13.0 Å². The number of nitrogens with two attached hydrogens (primary N) is 1. The molecule has 0 spiro atoms. The standard InChI is InChI=1S/C29H25N5O3/c1-33(28(37)20-8-3-2-4-9-20)23-13-14-25-24(18-23)31-29(34(25)16-15-26(30)35)32-27(36)22-12-11-19-7-5-6-10-21(19)17-22/h2-14,17-18H,15-16H2,1H3,(H2,30,35)(H,31,32,36). The van der Waals surface area contributed by atoms with Crippen LogP contribution in [-0.4, -0.2) is 34.3 Å². The second-order valence-electron chi connectivity index (χ2n) is 8.72. The Balaban J connectivity index is 1.48. The zero-order chi connectivity index (χ0) is 25.9. The molecule has 0 saturated heterocycles. The fraction of sp³-hybridized carbons (Fsp3) is 0.103. The maximum absolute atomic E-state index is 13.1. The van der Waals surface area contributed by atoms with Crippen LogP contribution in [0.1, 0.15) is 27.1 Å². The molecule has 5 aromatic rings. The molecule has 0 aliphatic rings. The van der Waals surface area contributed by atoms with E-state index in [0.29, 0.717) is 33.8 Å². The molecule has 0 aliphatic heterocycles. The van der Waals surface area contributed by atoms with Crippen LogP contribution < -0.4 is 16.0 Å².